The lowest BCUT2D eigenvalue weighted by Gasteiger charge is -1.86. The first-order valence-electron chi connectivity index (χ1n) is 3.81. The van der Waals surface area contributed by atoms with Gasteiger partial charge in [0.1, 0.15) is 0 Å². The Morgan fingerprint density at radius 2 is 1.91 bits per heavy atom. The van der Waals surface area contributed by atoms with Crippen molar-refractivity contribution >= 4 is 0 Å². The summed E-state index contributed by atoms with van der Waals surface area (Å²) in [5.41, 5.74) is 0. The molecule has 0 saturated carbocycles. The van der Waals surface area contributed by atoms with Crippen LogP contribution in [-0.2, 0) is 0 Å². The largest absolute Gasteiger partial charge is 0.0891 e. The van der Waals surface area contributed by atoms with Gasteiger partial charge in [-0.05, 0) is 36.5 Å². The lowest BCUT2D eigenvalue weighted by molar-refractivity contribution is 0.737. The van der Waals surface area contributed by atoms with Crippen LogP contribution in [0, 0.1) is 36.0 Å². The maximum atomic E-state index is 6.46. The van der Waals surface area contributed by atoms with Gasteiger partial charge in [-0.25, -0.2) is 0 Å². The predicted octanol–water partition coefficient (Wildman–Crippen LogP) is 2.16. The van der Waals surface area contributed by atoms with E-state index in [4.69, 9.17) is 6.42 Å². The van der Waals surface area contributed by atoms with Gasteiger partial charge in [0.2, 0.25) is 0 Å². The first-order chi connectivity index (χ1) is 5.41. The van der Waals surface area contributed by atoms with Crippen LogP contribution in [0.5, 0.6) is 0 Å². The molecule has 0 aromatic heterocycles. The van der Waals surface area contributed by atoms with E-state index in [2.05, 4.69) is 30.6 Å². The second-order valence-corrected chi connectivity index (χ2v) is 2.13. The van der Waals surface area contributed by atoms with Crippen molar-refractivity contribution in [3.63, 3.8) is 0 Å². The summed E-state index contributed by atoms with van der Waals surface area (Å²) in [5.74, 6) is 12.4. The average molecular weight is 143 g/mol. The lowest BCUT2D eigenvalue weighted by atomic mass is 10.2. The van der Waals surface area contributed by atoms with Gasteiger partial charge in [-0.15, -0.1) is 0 Å². The Hall–Kier alpha value is -1.32. The quantitative estimate of drug-likeness (QED) is 0.419. The van der Waals surface area contributed by atoms with E-state index in [0.717, 1.165) is 12.8 Å². The molecule has 0 aliphatic rings. The van der Waals surface area contributed by atoms with Crippen LogP contribution in [-0.4, -0.2) is 0 Å². The Balaban J connectivity index is 3.35. The van der Waals surface area contributed by atoms with Gasteiger partial charge in [-0.1, -0.05) is 25.7 Å². The van der Waals surface area contributed by atoms with Gasteiger partial charge in [0.25, 0.3) is 0 Å². The average Bonchev–Trinajstić information content (AvgIpc) is 2.03. The Morgan fingerprint density at radius 3 is 2.55 bits per heavy atom. The molecular formula is C11H11. The van der Waals surface area contributed by atoms with Crippen molar-refractivity contribution in [1.82, 2.24) is 0 Å². The normalized spacial score (nSPS) is 6.55. The molecule has 0 spiro atoms. The Kier molecular flexibility index (Phi) is 7.64. The van der Waals surface area contributed by atoms with Crippen LogP contribution >= 0.6 is 0 Å². The maximum absolute atomic E-state index is 6.46. The van der Waals surface area contributed by atoms with Crippen LogP contribution < -0.4 is 0 Å². The minimum Gasteiger partial charge on any atom is -0.0891 e. The molecule has 0 N–H and O–H groups in total. The number of rotatable bonds is 3. The SMILES string of the molecule is [C]#CC#CC#CCCCCC. The molecule has 0 amide bonds. The molecule has 0 fully saturated rings. The molecule has 0 aromatic carbocycles. The second-order valence-electron chi connectivity index (χ2n) is 2.13. The minimum absolute atomic E-state index is 0.917. The van der Waals surface area contributed by atoms with Gasteiger partial charge >= 0.3 is 0 Å². The van der Waals surface area contributed by atoms with Crippen LogP contribution in [0.25, 0.3) is 0 Å². The van der Waals surface area contributed by atoms with E-state index in [9.17, 15) is 0 Å². The Bertz CT molecular complexity index is 231. The first kappa shape index (κ1) is 9.68. The molecule has 0 atom stereocenters. The fraction of sp³-hybridized carbons (Fsp3) is 0.455. The molecular weight excluding hydrogens is 132 g/mol. The van der Waals surface area contributed by atoms with E-state index >= 15 is 0 Å². The molecule has 0 aromatic rings. The number of unbranched alkanes of at least 4 members (excludes halogenated alkanes) is 3. The third-order valence-corrected chi connectivity index (χ3v) is 1.18. The maximum Gasteiger partial charge on any atom is 0.00989 e. The lowest BCUT2D eigenvalue weighted by Crippen LogP contribution is -1.70. The van der Waals surface area contributed by atoms with Crippen LogP contribution in [0.3, 0.4) is 0 Å². The third-order valence-electron chi connectivity index (χ3n) is 1.18. The molecule has 0 rings (SSSR count). The number of hydrogen-bond donors (Lipinski definition) is 0. The third kappa shape index (κ3) is 8.68. The summed E-state index contributed by atoms with van der Waals surface area (Å²) in [6.07, 6.45) is 11.0. The summed E-state index contributed by atoms with van der Waals surface area (Å²) in [4.78, 5) is 0. The minimum atomic E-state index is 0.917. The molecule has 0 aliphatic heterocycles. The van der Waals surface area contributed by atoms with Crippen LogP contribution in [0.2, 0.25) is 0 Å². The van der Waals surface area contributed by atoms with Crippen molar-refractivity contribution < 1.29 is 0 Å². The molecule has 1 radical (unpaired) electrons. The molecule has 0 saturated heterocycles. The fourth-order valence-corrected chi connectivity index (χ4v) is 0.633. The van der Waals surface area contributed by atoms with Gasteiger partial charge in [0, 0.05) is 6.42 Å². The smallest absolute Gasteiger partial charge is 0.00989 e. The monoisotopic (exact) mass is 143 g/mol. The summed E-state index contributed by atoms with van der Waals surface area (Å²) < 4.78 is 0. The molecule has 55 valence electrons. The molecule has 11 heavy (non-hydrogen) atoms. The van der Waals surface area contributed by atoms with Crippen molar-refractivity contribution in [1.29, 1.82) is 0 Å². The summed E-state index contributed by atoms with van der Waals surface area (Å²) >= 11 is 0. The fourth-order valence-electron chi connectivity index (χ4n) is 0.633. The van der Waals surface area contributed by atoms with E-state index < -0.39 is 0 Å². The molecule has 0 bridgehead atoms. The van der Waals surface area contributed by atoms with Gasteiger partial charge < -0.3 is 0 Å². The predicted molar refractivity (Wildman–Crippen MR) is 46.8 cm³/mol. The highest BCUT2D eigenvalue weighted by molar-refractivity contribution is 5.32. The summed E-state index contributed by atoms with van der Waals surface area (Å²) in [6.45, 7) is 2.16. The van der Waals surface area contributed by atoms with E-state index in [0.29, 0.717) is 0 Å². The highest BCUT2D eigenvalue weighted by Crippen LogP contribution is 1.96. The first-order valence-corrected chi connectivity index (χ1v) is 3.81. The van der Waals surface area contributed by atoms with Crippen molar-refractivity contribution in [3.8, 4) is 29.6 Å². The van der Waals surface area contributed by atoms with Crippen molar-refractivity contribution in [3.05, 3.63) is 6.42 Å². The number of hydrogen-bond acceptors (Lipinski definition) is 0. The second kappa shape index (κ2) is 8.68. The van der Waals surface area contributed by atoms with Gasteiger partial charge in [0.05, 0.1) is 0 Å². The summed E-state index contributed by atoms with van der Waals surface area (Å²) in [7, 11) is 0. The van der Waals surface area contributed by atoms with Gasteiger partial charge in [0.15, 0.2) is 0 Å². The Morgan fingerprint density at radius 1 is 1.09 bits per heavy atom. The van der Waals surface area contributed by atoms with Crippen LogP contribution in [0.4, 0.5) is 0 Å². The van der Waals surface area contributed by atoms with E-state index in [1.54, 1.807) is 0 Å². The Labute approximate surface area is 69.4 Å². The summed E-state index contributed by atoms with van der Waals surface area (Å²) in [6, 6.07) is 0. The highest BCUT2D eigenvalue weighted by atomic mass is 13.8. The van der Waals surface area contributed by atoms with Crippen molar-refractivity contribution in [2.24, 2.45) is 0 Å². The topological polar surface area (TPSA) is 0 Å². The molecule has 0 heteroatoms. The van der Waals surface area contributed by atoms with Crippen LogP contribution in [0.15, 0.2) is 0 Å². The van der Waals surface area contributed by atoms with E-state index in [1.807, 2.05) is 5.92 Å². The zero-order chi connectivity index (χ0) is 8.36. The van der Waals surface area contributed by atoms with Gasteiger partial charge in [-0.3, -0.25) is 0 Å². The molecule has 0 aliphatic carbocycles. The zero-order valence-electron chi connectivity index (χ0n) is 6.83. The van der Waals surface area contributed by atoms with E-state index in [1.165, 1.54) is 12.8 Å². The highest BCUT2D eigenvalue weighted by Gasteiger charge is 1.78. The van der Waals surface area contributed by atoms with Crippen molar-refractivity contribution in [2.75, 3.05) is 0 Å². The molecule has 0 nitrogen and oxygen atoms in total. The molecule has 0 heterocycles. The van der Waals surface area contributed by atoms with Crippen LogP contribution in [0.1, 0.15) is 32.6 Å². The molecule has 0 unspecified atom stereocenters. The standard InChI is InChI=1S/C11H11/c1-3-5-7-9-11-10-8-6-4-2/h3,5,7,9H2,1H3. The summed E-state index contributed by atoms with van der Waals surface area (Å²) in [5, 5.41) is 0. The zero-order valence-corrected chi connectivity index (χ0v) is 6.83. The van der Waals surface area contributed by atoms with Crippen molar-refractivity contribution in [2.45, 2.75) is 32.6 Å². The van der Waals surface area contributed by atoms with E-state index in [-0.39, 0.29) is 0 Å². The van der Waals surface area contributed by atoms with Gasteiger partial charge in [-0.2, -0.15) is 0 Å².